The molecule has 1 N–H and O–H groups in total. The Morgan fingerprint density at radius 2 is 1.68 bits per heavy atom. The van der Waals surface area contributed by atoms with Crippen LogP contribution >= 0.6 is 0 Å². The Morgan fingerprint density at radius 1 is 1.09 bits per heavy atom. The molecule has 0 aliphatic heterocycles. The van der Waals surface area contributed by atoms with E-state index in [-0.39, 0.29) is 0 Å². The number of anilines is 1. The Balaban J connectivity index is 2.93. The molecule has 0 atom stereocenters. The third kappa shape index (κ3) is 6.43. The van der Waals surface area contributed by atoms with Gasteiger partial charge < -0.3 is 9.47 Å². The number of nitrogens with zero attached hydrogens (tertiary/aromatic N) is 2. The minimum atomic E-state index is -0.762. The predicted octanol–water partition coefficient (Wildman–Crippen LogP) is 3.26. The summed E-state index contributed by atoms with van der Waals surface area (Å²) in [5.41, 5.74) is 1.35. The number of hydrogen-bond acceptors (Lipinski definition) is 5. The van der Waals surface area contributed by atoms with E-state index in [1.165, 1.54) is 6.20 Å². The van der Waals surface area contributed by atoms with Gasteiger partial charge in [0.15, 0.2) is 0 Å². The van der Waals surface area contributed by atoms with Crippen LogP contribution in [0.3, 0.4) is 0 Å². The Bertz CT molecular complexity index is 518. The van der Waals surface area contributed by atoms with Crippen LogP contribution < -0.4 is 10.4 Å². The lowest BCUT2D eigenvalue weighted by Gasteiger charge is -2.28. The zero-order valence-electron chi connectivity index (χ0n) is 13.8. The number of carbonyl (C=O) groups excluding carboxylic acids is 2. The van der Waals surface area contributed by atoms with E-state index >= 15 is 0 Å². The van der Waals surface area contributed by atoms with E-state index in [1.807, 2.05) is 0 Å². The maximum atomic E-state index is 12.3. The third-order valence-corrected chi connectivity index (χ3v) is 2.08. The largest absolute Gasteiger partial charge is 0.443 e. The highest BCUT2D eigenvalue weighted by Gasteiger charge is 2.27. The molecule has 1 heterocycles. The number of ether oxygens (including phenoxy) is 2. The topological polar surface area (TPSA) is 80.8 Å². The molecule has 1 rings (SSSR count). The van der Waals surface area contributed by atoms with E-state index < -0.39 is 23.4 Å². The fourth-order valence-corrected chi connectivity index (χ4v) is 1.40. The van der Waals surface area contributed by atoms with Crippen molar-refractivity contribution in [3.8, 4) is 0 Å². The fraction of sp³-hybridized carbons (Fsp3) is 0.533. The van der Waals surface area contributed by atoms with Crippen LogP contribution in [0.1, 0.15) is 41.5 Å². The van der Waals surface area contributed by atoms with Gasteiger partial charge in [0.1, 0.15) is 11.2 Å². The molecule has 1 aromatic heterocycles. The summed E-state index contributed by atoms with van der Waals surface area (Å²) in [6, 6.07) is 3.26. The number of pyridine rings is 1. The molecule has 0 aromatic carbocycles. The van der Waals surface area contributed by atoms with Gasteiger partial charge in [0.05, 0.1) is 11.9 Å². The zero-order valence-corrected chi connectivity index (χ0v) is 13.8. The predicted molar refractivity (Wildman–Crippen MR) is 82.3 cm³/mol. The van der Waals surface area contributed by atoms with Gasteiger partial charge in [-0.25, -0.2) is 15.0 Å². The monoisotopic (exact) mass is 309 g/mol. The van der Waals surface area contributed by atoms with E-state index in [9.17, 15) is 9.59 Å². The highest BCUT2D eigenvalue weighted by molar-refractivity contribution is 5.90. The first-order valence-electron chi connectivity index (χ1n) is 6.91. The summed E-state index contributed by atoms with van der Waals surface area (Å²) < 4.78 is 10.4. The van der Waals surface area contributed by atoms with Gasteiger partial charge in [0.25, 0.3) is 0 Å². The van der Waals surface area contributed by atoms with Crippen LogP contribution in [0.4, 0.5) is 15.3 Å². The number of aromatic nitrogens is 1. The van der Waals surface area contributed by atoms with Gasteiger partial charge in [0, 0.05) is 6.20 Å². The molecule has 0 saturated heterocycles. The average Bonchev–Trinajstić information content (AvgIpc) is 2.32. The molecule has 0 unspecified atom stereocenters. The molecule has 0 aliphatic carbocycles. The van der Waals surface area contributed by atoms with Crippen molar-refractivity contribution in [3.05, 3.63) is 24.5 Å². The second-order valence-electron chi connectivity index (χ2n) is 6.64. The Morgan fingerprint density at radius 3 is 2.14 bits per heavy atom. The molecular weight excluding hydrogens is 286 g/mol. The summed E-state index contributed by atoms with van der Waals surface area (Å²) >= 11 is 0. The van der Waals surface area contributed by atoms with Crippen LogP contribution in [-0.2, 0) is 9.47 Å². The normalized spacial score (nSPS) is 11.5. The van der Waals surface area contributed by atoms with Crippen molar-refractivity contribution in [2.45, 2.75) is 52.7 Å². The summed E-state index contributed by atoms with van der Waals surface area (Å²) in [6.07, 6.45) is 1.50. The second-order valence-corrected chi connectivity index (χ2v) is 6.64. The van der Waals surface area contributed by atoms with Gasteiger partial charge >= 0.3 is 12.2 Å². The maximum absolute atomic E-state index is 12.3. The maximum Gasteiger partial charge on any atom is 0.434 e. The molecule has 22 heavy (non-hydrogen) atoms. The van der Waals surface area contributed by atoms with Crippen molar-refractivity contribution in [2.24, 2.45) is 0 Å². The van der Waals surface area contributed by atoms with Gasteiger partial charge in [-0.2, -0.15) is 5.01 Å². The first kappa shape index (κ1) is 17.7. The molecule has 122 valence electrons. The summed E-state index contributed by atoms with van der Waals surface area (Å²) in [6.45, 7) is 10.4. The molecule has 0 bridgehead atoms. The SMILES string of the molecule is CC(C)(C)OC(=O)NN(C(=O)OC(C)(C)C)c1cccnc1. The van der Waals surface area contributed by atoms with E-state index in [2.05, 4.69) is 10.4 Å². The van der Waals surface area contributed by atoms with Crippen LogP contribution in [0.25, 0.3) is 0 Å². The molecule has 1 aromatic rings. The first-order chi connectivity index (χ1) is 9.98. The van der Waals surface area contributed by atoms with Gasteiger partial charge in [-0.1, -0.05) is 0 Å². The van der Waals surface area contributed by atoms with E-state index in [1.54, 1.807) is 59.9 Å². The van der Waals surface area contributed by atoms with Crippen LogP contribution in [0, 0.1) is 0 Å². The number of rotatable bonds is 1. The molecule has 0 fully saturated rings. The lowest BCUT2D eigenvalue weighted by Crippen LogP contribution is -2.50. The number of amides is 2. The summed E-state index contributed by atoms with van der Waals surface area (Å²) in [7, 11) is 0. The number of hydrogen-bond donors (Lipinski definition) is 1. The molecule has 0 aliphatic rings. The van der Waals surface area contributed by atoms with Crippen molar-refractivity contribution in [1.29, 1.82) is 0 Å². The van der Waals surface area contributed by atoms with Crippen molar-refractivity contribution in [1.82, 2.24) is 10.4 Å². The van der Waals surface area contributed by atoms with Crippen LogP contribution in [0.2, 0.25) is 0 Å². The van der Waals surface area contributed by atoms with Crippen LogP contribution in [0.15, 0.2) is 24.5 Å². The lowest BCUT2D eigenvalue weighted by atomic mass is 10.2. The molecular formula is C15H23N3O4. The Kier molecular flexibility index (Phi) is 5.35. The molecule has 0 saturated carbocycles. The van der Waals surface area contributed by atoms with Crippen molar-refractivity contribution in [2.75, 3.05) is 5.01 Å². The van der Waals surface area contributed by atoms with E-state index in [4.69, 9.17) is 9.47 Å². The molecule has 7 nitrogen and oxygen atoms in total. The Labute approximate surface area is 130 Å². The smallest absolute Gasteiger partial charge is 0.434 e. The summed E-state index contributed by atoms with van der Waals surface area (Å²) in [5, 5.41) is 0.965. The van der Waals surface area contributed by atoms with Crippen LogP contribution in [-0.4, -0.2) is 28.4 Å². The quantitative estimate of drug-likeness (QED) is 0.805. The van der Waals surface area contributed by atoms with Crippen molar-refractivity contribution < 1.29 is 19.1 Å². The van der Waals surface area contributed by atoms with Crippen molar-refractivity contribution >= 4 is 17.9 Å². The average molecular weight is 309 g/mol. The fourth-order valence-electron chi connectivity index (χ4n) is 1.40. The van der Waals surface area contributed by atoms with Crippen LogP contribution in [0.5, 0.6) is 0 Å². The number of nitrogens with one attached hydrogen (secondary N) is 1. The van der Waals surface area contributed by atoms with Gasteiger partial charge in [-0.3, -0.25) is 4.98 Å². The molecule has 2 amide bonds. The highest BCUT2D eigenvalue weighted by Crippen LogP contribution is 2.16. The summed E-state index contributed by atoms with van der Waals surface area (Å²) in [4.78, 5) is 28.1. The van der Waals surface area contributed by atoms with Gasteiger partial charge in [-0.15, -0.1) is 0 Å². The lowest BCUT2D eigenvalue weighted by molar-refractivity contribution is 0.0425. The van der Waals surface area contributed by atoms with E-state index in [0.717, 1.165) is 5.01 Å². The number of hydrazine groups is 1. The van der Waals surface area contributed by atoms with Crippen molar-refractivity contribution in [3.63, 3.8) is 0 Å². The molecule has 7 heteroatoms. The zero-order chi connectivity index (χ0) is 17.0. The van der Waals surface area contributed by atoms with Gasteiger partial charge in [-0.05, 0) is 53.7 Å². The minimum absolute atomic E-state index is 0.364. The minimum Gasteiger partial charge on any atom is -0.443 e. The highest BCUT2D eigenvalue weighted by atomic mass is 16.6. The van der Waals surface area contributed by atoms with Gasteiger partial charge in [0.2, 0.25) is 0 Å². The Hall–Kier alpha value is -2.31. The van der Waals surface area contributed by atoms with E-state index in [0.29, 0.717) is 5.69 Å². The second kappa shape index (κ2) is 6.64. The number of carbonyl (C=O) groups is 2. The third-order valence-electron chi connectivity index (χ3n) is 2.08. The molecule has 0 spiro atoms. The molecule has 0 radical (unpaired) electrons. The standard InChI is InChI=1S/C15H23N3O4/c1-14(2,3)21-12(19)17-18(11-8-7-9-16-10-11)13(20)22-15(4,5)6/h7-10H,1-6H3,(H,17,19). The summed E-state index contributed by atoms with van der Waals surface area (Å²) in [5.74, 6) is 0. The first-order valence-corrected chi connectivity index (χ1v) is 6.91.